The van der Waals surface area contributed by atoms with Gasteiger partial charge in [-0.25, -0.2) is 4.52 Å². The molecular formula is C18H20N6O2. The molecule has 0 bridgehead atoms. The van der Waals surface area contributed by atoms with E-state index >= 15 is 0 Å². The van der Waals surface area contributed by atoms with Crippen molar-refractivity contribution >= 4 is 11.4 Å². The van der Waals surface area contributed by atoms with E-state index in [9.17, 15) is 9.59 Å². The molecule has 26 heavy (non-hydrogen) atoms. The van der Waals surface area contributed by atoms with Crippen molar-refractivity contribution in [2.45, 2.75) is 12.8 Å². The molecule has 8 heteroatoms. The molecule has 2 N–H and O–H groups in total. The topological polar surface area (TPSA) is 95.4 Å². The van der Waals surface area contributed by atoms with E-state index in [0.29, 0.717) is 12.2 Å². The highest BCUT2D eigenvalue weighted by molar-refractivity contribution is 5.98. The Labute approximate surface area is 149 Å². The maximum Gasteiger partial charge on any atom is 0.276 e. The number of aromatic nitrogens is 4. The van der Waals surface area contributed by atoms with Gasteiger partial charge in [-0.3, -0.25) is 9.59 Å². The zero-order valence-electron chi connectivity index (χ0n) is 14.3. The smallest absolute Gasteiger partial charge is 0.276 e. The number of benzene rings is 1. The van der Waals surface area contributed by atoms with E-state index in [4.69, 9.17) is 0 Å². The van der Waals surface area contributed by atoms with E-state index in [1.165, 1.54) is 17.4 Å². The number of hydrogen-bond acceptors (Lipinski definition) is 5. The molecule has 8 nitrogen and oxygen atoms in total. The van der Waals surface area contributed by atoms with Gasteiger partial charge < -0.3 is 15.2 Å². The molecule has 0 saturated carbocycles. The fourth-order valence-electron chi connectivity index (χ4n) is 3.27. The number of fused-ring (bicyclic) bond motifs is 1. The molecule has 4 rings (SSSR count). The molecular weight excluding hydrogens is 332 g/mol. The van der Waals surface area contributed by atoms with E-state index in [-0.39, 0.29) is 22.7 Å². The second-order valence-corrected chi connectivity index (χ2v) is 6.40. The van der Waals surface area contributed by atoms with E-state index < -0.39 is 0 Å². The van der Waals surface area contributed by atoms with Crippen molar-refractivity contribution in [2.24, 2.45) is 0 Å². The normalized spacial score (nSPS) is 14.8. The van der Waals surface area contributed by atoms with Gasteiger partial charge >= 0.3 is 0 Å². The van der Waals surface area contributed by atoms with Crippen molar-refractivity contribution in [1.29, 1.82) is 0 Å². The van der Waals surface area contributed by atoms with Crippen LogP contribution in [-0.4, -0.2) is 56.8 Å². The lowest BCUT2D eigenvalue weighted by molar-refractivity contribution is 0.0946. The number of likely N-dealkylation sites (tertiary alicyclic amines) is 1. The van der Waals surface area contributed by atoms with Crippen molar-refractivity contribution < 1.29 is 4.79 Å². The van der Waals surface area contributed by atoms with E-state index in [2.05, 4.69) is 25.5 Å². The van der Waals surface area contributed by atoms with E-state index in [1.807, 2.05) is 30.3 Å². The third-order valence-electron chi connectivity index (χ3n) is 4.62. The quantitative estimate of drug-likeness (QED) is 0.712. The fourth-order valence-corrected chi connectivity index (χ4v) is 3.27. The summed E-state index contributed by atoms with van der Waals surface area (Å²) in [6.45, 7) is 3.48. The van der Waals surface area contributed by atoms with Crippen molar-refractivity contribution in [2.75, 3.05) is 26.2 Å². The lowest BCUT2D eigenvalue weighted by Gasteiger charge is -2.14. The summed E-state index contributed by atoms with van der Waals surface area (Å²) in [7, 11) is 0. The molecule has 3 aromatic rings. The second kappa shape index (κ2) is 7.09. The minimum absolute atomic E-state index is 0.0484. The SMILES string of the molecule is O=C(NCCN1CCCC1)c1nnn2cc(-c3ccccc3)[nH]c(=O)c12. The molecule has 0 radical (unpaired) electrons. The molecule has 1 saturated heterocycles. The Morgan fingerprint density at radius 3 is 2.73 bits per heavy atom. The van der Waals surface area contributed by atoms with Crippen LogP contribution in [0.5, 0.6) is 0 Å². The Balaban J connectivity index is 1.54. The van der Waals surface area contributed by atoms with Crippen LogP contribution in [0.15, 0.2) is 41.3 Å². The number of nitrogens with one attached hydrogen (secondary N) is 2. The Morgan fingerprint density at radius 2 is 1.96 bits per heavy atom. The molecule has 1 aliphatic heterocycles. The Morgan fingerprint density at radius 1 is 1.19 bits per heavy atom. The molecule has 1 fully saturated rings. The molecule has 0 unspecified atom stereocenters. The van der Waals surface area contributed by atoms with Gasteiger partial charge in [-0.2, -0.15) is 0 Å². The van der Waals surface area contributed by atoms with Gasteiger partial charge in [0.05, 0.1) is 11.9 Å². The van der Waals surface area contributed by atoms with Gasteiger partial charge in [0, 0.05) is 13.1 Å². The van der Waals surface area contributed by atoms with Crippen LogP contribution in [0.4, 0.5) is 0 Å². The number of hydrogen-bond donors (Lipinski definition) is 2. The first kappa shape index (κ1) is 16.5. The maximum atomic E-state index is 12.5. The summed E-state index contributed by atoms with van der Waals surface area (Å²) in [6, 6.07) is 9.46. The molecule has 3 heterocycles. The number of rotatable bonds is 5. The number of aromatic amines is 1. The first-order valence-corrected chi connectivity index (χ1v) is 8.77. The van der Waals surface area contributed by atoms with Crippen LogP contribution in [0.2, 0.25) is 0 Å². The number of carbonyl (C=O) groups excluding carboxylic acids is 1. The molecule has 0 spiro atoms. The second-order valence-electron chi connectivity index (χ2n) is 6.40. The highest BCUT2D eigenvalue weighted by atomic mass is 16.2. The van der Waals surface area contributed by atoms with E-state index in [0.717, 1.165) is 25.2 Å². The molecule has 134 valence electrons. The highest BCUT2D eigenvalue weighted by Gasteiger charge is 2.19. The minimum Gasteiger partial charge on any atom is -0.349 e. The van der Waals surface area contributed by atoms with Gasteiger partial charge in [-0.05, 0) is 31.5 Å². The molecule has 0 atom stereocenters. The average Bonchev–Trinajstić information content (AvgIpc) is 3.32. The van der Waals surface area contributed by atoms with Crippen molar-refractivity contribution in [3.05, 3.63) is 52.6 Å². The van der Waals surface area contributed by atoms with Gasteiger partial charge in [0.25, 0.3) is 11.5 Å². The lowest BCUT2D eigenvalue weighted by Crippen LogP contribution is -2.34. The Bertz CT molecular complexity index is 972. The number of amides is 1. The Kier molecular flexibility index (Phi) is 4.49. The predicted molar refractivity (Wildman–Crippen MR) is 97.1 cm³/mol. The fraction of sp³-hybridized carbons (Fsp3) is 0.333. The highest BCUT2D eigenvalue weighted by Crippen LogP contribution is 2.15. The number of H-pyrrole nitrogens is 1. The summed E-state index contributed by atoms with van der Waals surface area (Å²) in [5.74, 6) is -0.378. The summed E-state index contributed by atoms with van der Waals surface area (Å²) in [6.07, 6.45) is 4.09. The first-order valence-electron chi connectivity index (χ1n) is 8.77. The molecule has 1 amide bonds. The monoisotopic (exact) mass is 352 g/mol. The number of nitrogens with zero attached hydrogens (tertiary/aromatic N) is 4. The van der Waals surface area contributed by atoms with Crippen LogP contribution in [0.1, 0.15) is 23.3 Å². The average molecular weight is 352 g/mol. The van der Waals surface area contributed by atoms with Gasteiger partial charge in [-0.15, -0.1) is 5.10 Å². The maximum absolute atomic E-state index is 12.5. The molecule has 0 aliphatic carbocycles. The van der Waals surface area contributed by atoms with Gasteiger partial charge in [-0.1, -0.05) is 35.5 Å². The summed E-state index contributed by atoms with van der Waals surface area (Å²) in [5, 5.41) is 10.7. The third kappa shape index (κ3) is 3.23. The third-order valence-corrected chi connectivity index (χ3v) is 4.62. The predicted octanol–water partition coefficient (Wildman–Crippen LogP) is 0.910. The summed E-state index contributed by atoms with van der Waals surface area (Å²) >= 11 is 0. The van der Waals surface area contributed by atoms with Crippen LogP contribution in [0.3, 0.4) is 0 Å². The largest absolute Gasteiger partial charge is 0.349 e. The summed E-state index contributed by atoms with van der Waals surface area (Å²) in [4.78, 5) is 30.0. The Hall–Kier alpha value is -3.00. The zero-order valence-corrected chi connectivity index (χ0v) is 14.3. The van der Waals surface area contributed by atoms with Gasteiger partial charge in [0.1, 0.15) is 0 Å². The van der Waals surface area contributed by atoms with Crippen molar-refractivity contribution in [1.82, 2.24) is 30.0 Å². The van der Waals surface area contributed by atoms with Crippen LogP contribution >= 0.6 is 0 Å². The summed E-state index contributed by atoms with van der Waals surface area (Å²) < 4.78 is 1.36. The van der Waals surface area contributed by atoms with Gasteiger partial charge in [0.15, 0.2) is 11.2 Å². The molecule has 2 aromatic heterocycles. The van der Waals surface area contributed by atoms with Crippen LogP contribution < -0.4 is 10.9 Å². The van der Waals surface area contributed by atoms with Crippen LogP contribution in [0, 0.1) is 0 Å². The van der Waals surface area contributed by atoms with Crippen molar-refractivity contribution in [3.63, 3.8) is 0 Å². The minimum atomic E-state index is -0.388. The molecule has 1 aliphatic rings. The number of carbonyl (C=O) groups is 1. The zero-order chi connectivity index (χ0) is 17.9. The standard InChI is InChI=1S/C18H20N6O2/c25-17(19-8-11-23-9-4-5-10-23)15-16-18(26)20-14(12-24(16)22-21-15)13-6-2-1-3-7-13/h1-3,6-7,12H,4-5,8-11H2,(H,19,25)(H,20,26). The van der Waals surface area contributed by atoms with Crippen molar-refractivity contribution in [3.8, 4) is 11.3 Å². The molecule has 1 aromatic carbocycles. The lowest BCUT2D eigenvalue weighted by atomic mass is 10.2. The summed E-state index contributed by atoms with van der Waals surface area (Å²) in [5.41, 5.74) is 1.30. The van der Waals surface area contributed by atoms with Crippen LogP contribution in [0.25, 0.3) is 16.8 Å². The first-order chi connectivity index (χ1) is 12.7. The van der Waals surface area contributed by atoms with Gasteiger partial charge in [0.2, 0.25) is 0 Å². The van der Waals surface area contributed by atoms with E-state index in [1.54, 1.807) is 6.20 Å². The van der Waals surface area contributed by atoms with Crippen LogP contribution in [-0.2, 0) is 0 Å².